The summed E-state index contributed by atoms with van der Waals surface area (Å²) in [5.74, 6) is 0.279. The average Bonchev–Trinajstić information content (AvgIpc) is 2.74. The standard InChI is InChI=1S/C24H31N3O/c1-19-8-3-6-12-22(19)27-16-14-26(15-17-27)18-24(28)25(2)23-13-7-10-20-9-4-5-11-21(20)23/h3-6,8-9,11-12,23H,7,10,13-18H2,1-2H3/p+1/t23-/m0/s1. The largest absolute Gasteiger partial charge is 0.360 e. The van der Waals surface area contributed by atoms with Crippen LogP contribution in [-0.2, 0) is 11.2 Å². The van der Waals surface area contributed by atoms with Gasteiger partial charge < -0.3 is 14.7 Å². The van der Waals surface area contributed by atoms with E-state index in [0.29, 0.717) is 6.54 Å². The number of carbonyl (C=O) groups excluding carboxylic acids is 1. The lowest BCUT2D eigenvalue weighted by Crippen LogP contribution is -3.15. The predicted molar refractivity (Wildman–Crippen MR) is 114 cm³/mol. The van der Waals surface area contributed by atoms with Crippen LogP contribution in [0.4, 0.5) is 5.69 Å². The van der Waals surface area contributed by atoms with Crippen LogP contribution in [0, 0.1) is 6.92 Å². The Morgan fingerprint density at radius 3 is 2.61 bits per heavy atom. The summed E-state index contributed by atoms with van der Waals surface area (Å²) in [6.07, 6.45) is 3.39. The zero-order chi connectivity index (χ0) is 19.5. The summed E-state index contributed by atoms with van der Waals surface area (Å²) in [6.45, 7) is 6.86. The van der Waals surface area contributed by atoms with Gasteiger partial charge >= 0.3 is 0 Å². The molecule has 1 N–H and O–H groups in total. The summed E-state index contributed by atoms with van der Waals surface area (Å²) in [5.41, 5.74) is 5.43. The molecule has 0 unspecified atom stereocenters. The average molecular weight is 379 g/mol. The van der Waals surface area contributed by atoms with Crippen molar-refractivity contribution in [2.24, 2.45) is 0 Å². The first-order valence-corrected chi connectivity index (χ1v) is 10.6. The summed E-state index contributed by atoms with van der Waals surface area (Å²) in [6, 6.07) is 17.5. The Balaban J connectivity index is 1.34. The number of nitrogens with zero attached hydrogens (tertiary/aromatic N) is 2. The number of hydrogen-bond donors (Lipinski definition) is 1. The Morgan fingerprint density at radius 2 is 1.82 bits per heavy atom. The number of quaternary nitrogens is 1. The molecule has 4 heteroatoms. The number of rotatable bonds is 4. The highest BCUT2D eigenvalue weighted by Crippen LogP contribution is 2.33. The maximum absolute atomic E-state index is 13.0. The fraction of sp³-hybridized carbons (Fsp3) is 0.458. The second-order valence-corrected chi connectivity index (χ2v) is 8.31. The molecule has 0 saturated carbocycles. The second-order valence-electron chi connectivity index (χ2n) is 8.31. The SMILES string of the molecule is Cc1ccccc1N1CC[NH+](CC(=O)N(C)[C@H]2CCCc3ccccc32)CC1. The maximum atomic E-state index is 13.0. The van der Waals surface area contributed by atoms with Crippen LogP contribution in [0.2, 0.25) is 0 Å². The van der Waals surface area contributed by atoms with Gasteiger partial charge in [-0.1, -0.05) is 42.5 Å². The van der Waals surface area contributed by atoms with Gasteiger partial charge in [0.2, 0.25) is 0 Å². The molecule has 1 fully saturated rings. The molecule has 1 aliphatic heterocycles. The Hall–Kier alpha value is -2.33. The molecule has 0 bridgehead atoms. The normalized spacial score (nSPS) is 19.9. The van der Waals surface area contributed by atoms with Crippen molar-refractivity contribution in [1.29, 1.82) is 0 Å². The van der Waals surface area contributed by atoms with Gasteiger partial charge in [-0.3, -0.25) is 4.79 Å². The van der Waals surface area contributed by atoms with Crippen molar-refractivity contribution in [2.45, 2.75) is 32.2 Å². The van der Waals surface area contributed by atoms with Crippen molar-refractivity contribution in [3.8, 4) is 0 Å². The molecule has 4 rings (SSSR count). The molecule has 1 saturated heterocycles. The molecule has 1 amide bonds. The molecule has 0 radical (unpaired) electrons. The lowest BCUT2D eigenvalue weighted by molar-refractivity contribution is -0.892. The van der Waals surface area contributed by atoms with Crippen LogP contribution >= 0.6 is 0 Å². The van der Waals surface area contributed by atoms with Crippen LogP contribution in [0.5, 0.6) is 0 Å². The number of amides is 1. The molecule has 28 heavy (non-hydrogen) atoms. The fourth-order valence-electron chi connectivity index (χ4n) is 4.80. The zero-order valence-electron chi connectivity index (χ0n) is 17.2. The number of piperazine rings is 1. The van der Waals surface area contributed by atoms with E-state index in [1.807, 2.05) is 11.9 Å². The van der Waals surface area contributed by atoms with Gasteiger partial charge in [-0.2, -0.15) is 0 Å². The zero-order valence-corrected chi connectivity index (χ0v) is 17.2. The first kappa shape index (κ1) is 19.0. The number of nitrogens with one attached hydrogen (secondary N) is 1. The van der Waals surface area contributed by atoms with E-state index in [1.165, 1.54) is 33.7 Å². The molecule has 1 heterocycles. The molecule has 2 aliphatic rings. The van der Waals surface area contributed by atoms with E-state index in [4.69, 9.17) is 0 Å². The summed E-state index contributed by atoms with van der Waals surface area (Å²) in [5, 5.41) is 0. The molecular weight excluding hydrogens is 346 g/mol. The molecule has 0 spiro atoms. The third kappa shape index (κ3) is 3.93. The van der Waals surface area contributed by atoms with Crippen molar-refractivity contribution in [3.05, 3.63) is 65.2 Å². The molecule has 4 nitrogen and oxygen atoms in total. The summed E-state index contributed by atoms with van der Waals surface area (Å²) < 4.78 is 0. The van der Waals surface area contributed by atoms with Crippen LogP contribution in [0.25, 0.3) is 0 Å². The van der Waals surface area contributed by atoms with Gasteiger partial charge in [-0.25, -0.2) is 0 Å². The molecular formula is C24H32N3O+. The van der Waals surface area contributed by atoms with Crippen LogP contribution in [0.3, 0.4) is 0 Å². The fourth-order valence-corrected chi connectivity index (χ4v) is 4.80. The van der Waals surface area contributed by atoms with Gasteiger partial charge in [0.1, 0.15) is 0 Å². The smallest absolute Gasteiger partial charge is 0.278 e. The first-order chi connectivity index (χ1) is 13.6. The van der Waals surface area contributed by atoms with Crippen LogP contribution in [-0.4, -0.2) is 50.6 Å². The lowest BCUT2D eigenvalue weighted by Gasteiger charge is -2.36. The number of benzene rings is 2. The van der Waals surface area contributed by atoms with Gasteiger partial charge in [0.05, 0.1) is 32.2 Å². The van der Waals surface area contributed by atoms with E-state index >= 15 is 0 Å². The summed E-state index contributed by atoms with van der Waals surface area (Å²) >= 11 is 0. The second kappa shape index (κ2) is 8.36. The van der Waals surface area contributed by atoms with Crippen molar-refractivity contribution in [3.63, 3.8) is 0 Å². The Labute approximate surface area is 168 Å². The van der Waals surface area contributed by atoms with Crippen LogP contribution in [0.1, 0.15) is 35.6 Å². The van der Waals surface area contributed by atoms with E-state index in [0.717, 1.165) is 39.0 Å². The highest BCUT2D eigenvalue weighted by Gasteiger charge is 2.29. The summed E-state index contributed by atoms with van der Waals surface area (Å²) in [4.78, 5) is 18.9. The van der Waals surface area contributed by atoms with Crippen molar-refractivity contribution in [1.82, 2.24) is 4.90 Å². The van der Waals surface area contributed by atoms with E-state index in [1.54, 1.807) is 0 Å². The maximum Gasteiger partial charge on any atom is 0.278 e. The number of anilines is 1. The number of fused-ring (bicyclic) bond motifs is 1. The highest BCUT2D eigenvalue weighted by atomic mass is 16.2. The van der Waals surface area contributed by atoms with Crippen LogP contribution in [0.15, 0.2) is 48.5 Å². The Morgan fingerprint density at radius 1 is 1.11 bits per heavy atom. The van der Waals surface area contributed by atoms with Gasteiger partial charge in [0.25, 0.3) is 5.91 Å². The molecule has 148 valence electrons. The molecule has 1 aliphatic carbocycles. The van der Waals surface area contributed by atoms with E-state index in [9.17, 15) is 4.79 Å². The van der Waals surface area contributed by atoms with E-state index in [-0.39, 0.29) is 11.9 Å². The quantitative estimate of drug-likeness (QED) is 0.884. The van der Waals surface area contributed by atoms with Crippen LogP contribution < -0.4 is 9.80 Å². The minimum atomic E-state index is 0.241. The topological polar surface area (TPSA) is 28.0 Å². The minimum absolute atomic E-state index is 0.241. The third-order valence-electron chi connectivity index (χ3n) is 6.53. The monoisotopic (exact) mass is 378 g/mol. The predicted octanol–water partition coefficient (Wildman–Crippen LogP) is 2.24. The van der Waals surface area contributed by atoms with E-state index in [2.05, 4.69) is 60.4 Å². The third-order valence-corrected chi connectivity index (χ3v) is 6.53. The number of hydrogen-bond acceptors (Lipinski definition) is 2. The first-order valence-electron chi connectivity index (χ1n) is 10.6. The molecule has 2 aromatic carbocycles. The number of likely N-dealkylation sites (N-methyl/N-ethyl adjacent to an activating group) is 1. The van der Waals surface area contributed by atoms with Crippen molar-refractivity contribution < 1.29 is 9.69 Å². The van der Waals surface area contributed by atoms with Gasteiger partial charge in [-0.15, -0.1) is 0 Å². The summed E-state index contributed by atoms with van der Waals surface area (Å²) in [7, 11) is 2.00. The number of para-hydroxylation sites is 1. The van der Waals surface area contributed by atoms with E-state index < -0.39 is 0 Å². The number of aryl methyl sites for hydroxylation is 2. The van der Waals surface area contributed by atoms with Crippen molar-refractivity contribution in [2.75, 3.05) is 44.7 Å². The lowest BCUT2D eigenvalue weighted by atomic mass is 9.87. The van der Waals surface area contributed by atoms with Gasteiger partial charge in [-0.05, 0) is 48.9 Å². The molecule has 0 aromatic heterocycles. The highest BCUT2D eigenvalue weighted by molar-refractivity contribution is 5.77. The molecule has 2 aromatic rings. The van der Waals surface area contributed by atoms with Crippen molar-refractivity contribution >= 4 is 11.6 Å². The van der Waals surface area contributed by atoms with Gasteiger partial charge in [0.15, 0.2) is 6.54 Å². The molecule has 1 atom stereocenters. The number of carbonyl (C=O) groups is 1. The Kier molecular flexibility index (Phi) is 5.67. The van der Waals surface area contributed by atoms with Gasteiger partial charge in [0, 0.05) is 12.7 Å². The Bertz CT molecular complexity index is 826. The minimum Gasteiger partial charge on any atom is -0.360 e.